The molecule has 1 unspecified atom stereocenters. The molecule has 0 amide bonds. The Morgan fingerprint density at radius 3 is 2.68 bits per heavy atom. The number of likely N-dealkylation sites (N-methyl/N-ethyl adjacent to an activating group) is 1. The second-order valence-electron chi connectivity index (χ2n) is 7.98. The molecule has 0 radical (unpaired) electrons. The average Bonchev–Trinajstić information content (AvgIpc) is 3.17. The van der Waals surface area contributed by atoms with E-state index >= 15 is 0 Å². The molecule has 5 rings (SSSR count). The number of hydrogen-bond acceptors (Lipinski definition) is 6. The molecular weight excluding hydrogens is 354 g/mol. The molecule has 0 aliphatic carbocycles. The van der Waals surface area contributed by atoms with Crippen molar-refractivity contribution in [2.75, 3.05) is 20.3 Å². The van der Waals surface area contributed by atoms with Crippen molar-refractivity contribution in [3.05, 3.63) is 59.4 Å². The van der Waals surface area contributed by atoms with Crippen molar-refractivity contribution < 1.29 is 9.47 Å². The van der Waals surface area contributed by atoms with Gasteiger partial charge in [0.1, 0.15) is 13.2 Å². The number of nitrogens with zero attached hydrogens (tertiary/aromatic N) is 5. The Morgan fingerprint density at radius 1 is 1.04 bits per heavy atom. The largest absolute Gasteiger partial charge is 0.486 e. The van der Waals surface area contributed by atoms with E-state index in [1.54, 1.807) is 4.68 Å². The van der Waals surface area contributed by atoms with Crippen molar-refractivity contribution >= 4 is 0 Å². The Hall–Kier alpha value is -2.93. The first-order valence-corrected chi connectivity index (χ1v) is 9.54. The molecule has 144 valence electrons. The van der Waals surface area contributed by atoms with Crippen LogP contribution in [0.4, 0.5) is 0 Å². The minimum absolute atomic E-state index is 0.0113. The summed E-state index contributed by atoms with van der Waals surface area (Å²) in [7, 11) is 2.14. The summed E-state index contributed by atoms with van der Waals surface area (Å²) in [5.74, 6) is 2.27. The van der Waals surface area contributed by atoms with Gasteiger partial charge < -0.3 is 9.47 Å². The molecule has 0 saturated carbocycles. The van der Waals surface area contributed by atoms with Gasteiger partial charge in [-0.3, -0.25) is 4.90 Å². The van der Waals surface area contributed by atoms with Gasteiger partial charge in [-0.1, -0.05) is 24.3 Å². The highest BCUT2D eigenvalue weighted by atomic mass is 16.6. The third-order valence-electron chi connectivity index (χ3n) is 5.82. The number of tetrazole rings is 1. The summed E-state index contributed by atoms with van der Waals surface area (Å²) in [6, 6.07) is 14.3. The Bertz CT molecular complexity index is 1030. The summed E-state index contributed by atoms with van der Waals surface area (Å²) in [6.07, 6.45) is 0.988. The lowest BCUT2D eigenvalue weighted by atomic mass is 9.81. The molecule has 2 aliphatic heterocycles. The molecule has 0 bridgehead atoms. The van der Waals surface area contributed by atoms with Crippen LogP contribution in [-0.2, 0) is 6.42 Å². The third-order valence-corrected chi connectivity index (χ3v) is 5.82. The summed E-state index contributed by atoms with van der Waals surface area (Å²) in [5.41, 5.74) is 3.44. The van der Waals surface area contributed by atoms with Crippen LogP contribution >= 0.6 is 0 Å². The van der Waals surface area contributed by atoms with E-state index in [0.717, 1.165) is 29.4 Å². The van der Waals surface area contributed by atoms with E-state index in [2.05, 4.69) is 65.6 Å². The smallest absolute Gasteiger partial charge is 0.178 e. The molecule has 0 fully saturated rings. The fourth-order valence-electron chi connectivity index (χ4n) is 4.14. The van der Waals surface area contributed by atoms with Gasteiger partial charge in [-0.05, 0) is 61.0 Å². The van der Waals surface area contributed by atoms with E-state index < -0.39 is 0 Å². The summed E-state index contributed by atoms with van der Waals surface area (Å²) in [6.45, 7) is 5.63. The predicted molar refractivity (Wildman–Crippen MR) is 104 cm³/mol. The van der Waals surface area contributed by atoms with Gasteiger partial charge in [0.05, 0.1) is 11.7 Å². The topological polar surface area (TPSA) is 65.3 Å². The van der Waals surface area contributed by atoms with Gasteiger partial charge >= 0.3 is 0 Å². The van der Waals surface area contributed by atoms with Gasteiger partial charge in [0.15, 0.2) is 17.3 Å². The highest BCUT2D eigenvalue weighted by molar-refractivity contribution is 5.50. The number of hydrogen-bond donors (Lipinski definition) is 0. The van der Waals surface area contributed by atoms with Crippen molar-refractivity contribution in [1.29, 1.82) is 0 Å². The zero-order valence-electron chi connectivity index (χ0n) is 16.3. The van der Waals surface area contributed by atoms with E-state index in [0.29, 0.717) is 13.2 Å². The minimum Gasteiger partial charge on any atom is -0.486 e. The zero-order valence-corrected chi connectivity index (χ0v) is 16.3. The molecule has 7 nitrogen and oxygen atoms in total. The van der Waals surface area contributed by atoms with Crippen molar-refractivity contribution in [2.24, 2.45) is 0 Å². The quantitative estimate of drug-likeness (QED) is 0.684. The molecule has 3 heterocycles. The summed E-state index contributed by atoms with van der Waals surface area (Å²) in [4.78, 5) is 2.36. The Morgan fingerprint density at radius 2 is 1.82 bits per heavy atom. The molecule has 1 aromatic heterocycles. The molecule has 2 aromatic carbocycles. The zero-order chi connectivity index (χ0) is 19.3. The molecule has 0 spiro atoms. The fourth-order valence-corrected chi connectivity index (χ4v) is 4.14. The van der Waals surface area contributed by atoms with Crippen LogP contribution in [-0.4, -0.2) is 50.9 Å². The van der Waals surface area contributed by atoms with Crippen molar-refractivity contribution in [3.63, 3.8) is 0 Å². The van der Waals surface area contributed by atoms with Crippen LogP contribution in [0.1, 0.15) is 36.8 Å². The SMILES string of the molecule is CN1C(c2nnnn2-c2ccc3c(c2)OCCO3)c2ccccc2CC1(C)C. The molecule has 3 aromatic rings. The van der Waals surface area contributed by atoms with Gasteiger partial charge in [0, 0.05) is 11.6 Å². The monoisotopic (exact) mass is 377 g/mol. The second kappa shape index (κ2) is 6.31. The highest BCUT2D eigenvalue weighted by Gasteiger charge is 2.40. The first kappa shape index (κ1) is 17.2. The van der Waals surface area contributed by atoms with Crippen molar-refractivity contribution in [2.45, 2.75) is 31.8 Å². The van der Waals surface area contributed by atoms with Crippen molar-refractivity contribution in [3.8, 4) is 17.2 Å². The maximum Gasteiger partial charge on any atom is 0.178 e. The van der Waals surface area contributed by atoms with E-state index in [1.165, 1.54) is 11.1 Å². The molecular formula is C21H23N5O2. The van der Waals surface area contributed by atoms with Gasteiger partial charge in [-0.25, -0.2) is 0 Å². The average molecular weight is 377 g/mol. The van der Waals surface area contributed by atoms with Gasteiger partial charge in [0.2, 0.25) is 0 Å². The fraction of sp³-hybridized carbons (Fsp3) is 0.381. The standard InChI is InChI=1S/C21H23N5O2/c1-21(2)13-14-6-4-5-7-16(14)19(25(21)3)20-22-23-24-26(20)15-8-9-17-18(12-15)28-11-10-27-17/h4-9,12,19H,10-11,13H2,1-3H3. The maximum atomic E-state index is 5.74. The molecule has 7 heteroatoms. The van der Waals surface area contributed by atoms with Crippen LogP contribution < -0.4 is 9.47 Å². The van der Waals surface area contributed by atoms with Crippen LogP contribution in [0, 0.1) is 0 Å². The molecule has 0 N–H and O–H groups in total. The first-order valence-electron chi connectivity index (χ1n) is 9.54. The van der Waals surface area contributed by atoms with E-state index in [1.807, 2.05) is 18.2 Å². The lowest BCUT2D eigenvalue weighted by Gasteiger charge is -2.45. The van der Waals surface area contributed by atoms with Crippen LogP contribution in [0.2, 0.25) is 0 Å². The molecule has 2 aliphatic rings. The lowest BCUT2D eigenvalue weighted by molar-refractivity contribution is 0.0993. The van der Waals surface area contributed by atoms with E-state index in [9.17, 15) is 0 Å². The minimum atomic E-state index is -0.0387. The Labute approximate surface area is 163 Å². The van der Waals surface area contributed by atoms with Crippen LogP contribution in [0.25, 0.3) is 5.69 Å². The lowest BCUT2D eigenvalue weighted by Crippen LogP contribution is -2.49. The van der Waals surface area contributed by atoms with Crippen LogP contribution in [0.3, 0.4) is 0 Å². The van der Waals surface area contributed by atoms with Crippen molar-refractivity contribution in [1.82, 2.24) is 25.1 Å². The van der Waals surface area contributed by atoms with E-state index in [-0.39, 0.29) is 11.6 Å². The van der Waals surface area contributed by atoms with Gasteiger partial charge in [-0.15, -0.1) is 5.10 Å². The van der Waals surface area contributed by atoms with Crippen LogP contribution in [0.5, 0.6) is 11.5 Å². The van der Waals surface area contributed by atoms with E-state index in [4.69, 9.17) is 9.47 Å². The van der Waals surface area contributed by atoms with Gasteiger partial charge in [-0.2, -0.15) is 4.68 Å². The second-order valence-corrected chi connectivity index (χ2v) is 7.98. The molecule has 28 heavy (non-hydrogen) atoms. The molecule has 0 saturated heterocycles. The number of rotatable bonds is 2. The number of aromatic nitrogens is 4. The van der Waals surface area contributed by atoms with Crippen LogP contribution in [0.15, 0.2) is 42.5 Å². The maximum absolute atomic E-state index is 5.74. The normalized spacial score (nSPS) is 20.6. The number of ether oxygens (including phenoxy) is 2. The highest BCUT2D eigenvalue weighted by Crippen LogP contribution is 2.41. The third kappa shape index (κ3) is 2.65. The predicted octanol–water partition coefficient (Wildman–Crippen LogP) is 2.79. The Kier molecular flexibility index (Phi) is 3.87. The van der Waals surface area contributed by atoms with Gasteiger partial charge in [0.25, 0.3) is 0 Å². The summed E-state index contributed by atoms with van der Waals surface area (Å²) in [5, 5.41) is 12.7. The first-order chi connectivity index (χ1) is 13.5. The summed E-state index contributed by atoms with van der Waals surface area (Å²) >= 11 is 0. The number of fused-ring (bicyclic) bond motifs is 2. The number of benzene rings is 2. The summed E-state index contributed by atoms with van der Waals surface area (Å²) < 4.78 is 13.2. The molecule has 1 atom stereocenters. The Balaban J connectivity index is 1.63.